The number of nitrogens with zero attached hydrogens (tertiary/aromatic N) is 4. The molecule has 2 aromatic carbocycles. The maximum Gasteiger partial charge on any atom is 0.281 e. The largest absolute Gasteiger partial charge is 0.341 e. The van der Waals surface area contributed by atoms with Crippen LogP contribution in [0, 0.1) is 19.8 Å². The fourth-order valence-electron chi connectivity index (χ4n) is 5.04. The minimum Gasteiger partial charge on any atom is -0.341 e. The molecule has 3 aromatic rings. The van der Waals surface area contributed by atoms with E-state index in [9.17, 15) is 9.59 Å². The minimum atomic E-state index is -0.162. The summed E-state index contributed by atoms with van der Waals surface area (Å²) in [6.45, 7) is 8.21. The number of aryl methyl sites for hydroxylation is 2. The summed E-state index contributed by atoms with van der Waals surface area (Å²) in [5.74, 6) is 0.634. The van der Waals surface area contributed by atoms with Crippen LogP contribution >= 0.6 is 28.1 Å². The molecule has 6 nitrogen and oxygen atoms in total. The molecule has 2 fully saturated rings. The molecule has 8 heteroatoms. The highest BCUT2D eigenvalue weighted by atomic mass is 79.9. The van der Waals surface area contributed by atoms with E-state index in [1.54, 1.807) is 9.80 Å². The van der Waals surface area contributed by atoms with E-state index < -0.39 is 0 Å². The number of benzene rings is 2. The van der Waals surface area contributed by atoms with Gasteiger partial charge in [0.1, 0.15) is 12.2 Å². The van der Waals surface area contributed by atoms with E-state index in [0.29, 0.717) is 16.7 Å². The SMILES string of the molecule is Cc1ccc(N2C(=O)/C(=C/c3cn(CC(=O)N4CCC(C)CC4)c4ccc(Br)cc34)N(C)C2=S)cc1C. The zero-order valence-corrected chi connectivity index (χ0v) is 24.0. The number of piperidine rings is 1. The number of hydrogen-bond donors (Lipinski definition) is 0. The summed E-state index contributed by atoms with van der Waals surface area (Å²) in [5.41, 5.74) is 5.36. The molecule has 0 bridgehead atoms. The van der Waals surface area contributed by atoms with Gasteiger partial charge in [0.25, 0.3) is 5.91 Å². The standard InChI is InChI=1S/C29H31BrN4O2S/c1-18-9-11-32(12-10-18)27(35)17-33-16-21(24-15-22(30)6-8-25(24)33)14-26-28(36)34(29(37)31(26)4)23-7-5-19(2)20(3)13-23/h5-8,13-16,18H,9-12,17H2,1-4H3/b26-14-. The van der Waals surface area contributed by atoms with Crippen molar-refractivity contribution in [1.29, 1.82) is 0 Å². The molecule has 0 N–H and O–H groups in total. The summed E-state index contributed by atoms with van der Waals surface area (Å²) < 4.78 is 2.93. The van der Waals surface area contributed by atoms with Gasteiger partial charge in [0.2, 0.25) is 5.91 Å². The molecule has 37 heavy (non-hydrogen) atoms. The number of fused-ring (bicyclic) bond motifs is 1. The van der Waals surface area contributed by atoms with Gasteiger partial charge < -0.3 is 14.4 Å². The normalized spacial score (nSPS) is 18.1. The average Bonchev–Trinajstić information content (AvgIpc) is 3.30. The first-order valence-corrected chi connectivity index (χ1v) is 13.8. The van der Waals surface area contributed by atoms with Gasteiger partial charge in [0.05, 0.1) is 5.69 Å². The maximum absolute atomic E-state index is 13.6. The minimum absolute atomic E-state index is 0.127. The molecule has 5 rings (SSSR count). The Morgan fingerprint density at radius 2 is 1.84 bits per heavy atom. The van der Waals surface area contributed by atoms with Crippen molar-refractivity contribution in [3.05, 3.63) is 69.5 Å². The van der Waals surface area contributed by atoms with Gasteiger partial charge in [-0.05, 0) is 92.4 Å². The molecule has 2 saturated heterocycles. The number of likely N-dealkylation sites (N-methyl/N-ethyl adjacent to an activating group) is 1. The monoisotopic (exact) mass is 578 g/mol. The summed E-state index contributed by atoms with van der Waals surface area (Å²) in [6, 6.07) is 12.0. The van der Waals surface area contributed by atoms with E-state index >= 15 is 0 Å². The van der Waals surface area contributed by atoms with Crippen molar-refractivity contribution >= 4 is 67.7 Å². The lowest BCUT2D eigenvalue weighted by molar-refractivity contribution is -0.133. The van der Waals surface area contributed by atoms with E-state index in [0.717, 1.165) is 63.7 Å². The number of amides is 2. The third-order valence-corrected chi connectivity index (χ3v) is 8.57. The first-order chi connectivity index (χ1) is 17.6. The second-order valence-corrected chi connectivity index (χ2v) is 11.5. The molecule has 0 spiro atoms. The van der Waals surface area contributed by atoms with E-state index in [4.69, 9.17) is 12.2 Å². The van der Waals surface area contributed by atoms with Crippen LogP contribution in [0.1, 0.15) is 36.5 Å². The Kier molecular flexibility index (Phi) is 6.98. The van der Waals surface area contributed by atoms with Crippen molar-refractivity contribution in [1.82, 2.24) is 14.4 Å². The first-order valence-electron chi connectivity index (χ1n) is 12.6. The molecule has 0 aliphatic carbocycles. The Hall–Kier alpha value is -2.97. The van der Waals surface area contributed by atoms with Crippen molar-refractivity contribution < 1.29 is 9.59 Å². The number of rotatable bonds is 4. The lowest BCUT2D eigenvalue weighted by atomic mass is 9.99. The highest BCUT2D eigenvalue weighted by Gasteiger charge is 2.37. The van der Waals surface area contributed by atoms with Crippen LogP contribution in [-0.2, 0) is 16.1 Å². The third-order valence-electron chi connectivity index (χ3n) is 7.62. The van der Waals surface area contributed by atoms with E-state index in [1.165, 1.54) is 0 Å². The summed E-state index contributed by atoms with van der Waals surface area (Å²) in [4.78, 5) is 32.0. The smallest absolute Gasteiger partial charge is 0.281 e. The van der Waals surface area contributed by atoms with Gasteiger partial charge in [0, 0.05) is 47.3 Å². The van der Waals surface area contributed by atoms with Gasteiger partial charge in [-0.1, -0.05) is 28.9 Å². The third kappa shape index (κ3) is 4.84. The number of carbonyl (C=O) groups excluding carboxylic acids is 2. The van der Waals surface area contributed by atoms with Gasteiger partial charge in [-0.2, -0.15) is 0 Å². The van der Waals surface area contributed by atoms with Crippen molar-refractivity contribution in [3.63, 3.8) is 0 Å². The second-order valence-electron chi connectivity index (χ2n) is 10.2. The van der Waals surface area contributed by atoms with E-state index in [2.05, 4.69) is 22.9 Å². The molecule has 3 heterocycles. The van der Waals surface area contributed by atoms with Crippen LogP contribution in [0.2, 0.25) is 0 Å². The number of thiocarbonyl (C=S) groups is 1. The fraction of sp³-hybridized carbons (Fsp3) is 0.345. The van der Waals surface area contributed by atoms with Crippen molar-refractivity contribution in [3.8, 4) is 0 Å². The van der Waals surface area contributed by atoms with Crippen LogP contribution in [-0.4, -0.2) is 51.4 Å². The van der Waals surface area contributed by atoms with Crippen LogP contribution in [0.15, 0.2) is 52.8 Å². The molecule has 2 aliphatic heterocycles. The Balaban J connectivity index is 1.50. The molecular weight excluding hydrogens is 548 g/mol. The van der Waals surface area contributed by atoms with Crippen molar-refractivity contribution in [2.24, 2.45) is 5.92 Å². The van der Waals surface area contributed by atoms with Crippen LogP contribution in [0.4, 0.5) is 5.69 Å². The lowest BCUT2D eigenvalue weighted by Gasteiger charge is -2.30. The summed E-state index contributed by atoms with van der Waals surface area (Å²) >= 11 is 9.26. The molecule has 0 atom stereocenters. The maximum atomic E-state index is 13.6. The van der Waals surface area contributed by atoms with Crippen LogP contribution in [0.3, 0.4) is 0 Å². The molecule has 2 aliphatic rings. The summed E-state index contributed by atoms with van der Waals surface area (Å²) in [6.07, 6.45) is 5.95. The topological polar surface area (TPSA) is 48.8 Å². The molecule has 2 amide bonds. The Bertz CT molecular complexity index is 1450. The van der Waals surface area contributed by atoms with E-state index in [1.807, 2.05) is 79.0 Å². The van der Waals surface area contributed by atoms with Crippen LogP contribution in [0.5, 0.6) is 0 Å². The van der Waals surface area contributed by atoms with Gasteiger partial charge in [-0.3, -0.25) is 14.5 Å². The van der Waals surface area contributed by atoms with Gasteiger partial charge in [-0.25, -0.2) is 0 Å². The second kappa shape index (κ2) is 10.1. The number of anilines is 1. The number of halogens is 1. The number of hydrogen-bond acceptors (Lipinski definition) is 3. The molecular formula is C29H31BrN4O2S. The zero-order valence-electron chi connectivity index (χ0n) is 21.6. The van der Waals surface area contributed by atoms with Gasteiger partial charge in [0.15, 0.2) is 5.11 Å². The van der Waals surface area contributed by atoms with Crippen LogP contribution in [0.25, 0.3) is 17.0 Å². The van der Waals surface area contributed by atoms with Gasteiger partial charge >= 0.3 is 0 Å². The average molecular weight is 580 g/mol. The Morgan fingerprint density at radius 1 is 1.11 bits per heavy atom. The highest BCUT2D eigenvalue weighted by Crippen LogP contribution is 2.32. The molecule has 192 valence electrons. The Labute approximate surface area is 231 Å². The first kappa shape index (κ1) is 25.7. The van der Waals surface area contributed by atoms with E-state index in [-0.39, 0.29) is 18.4 Å². The van der Waals surface area contributed by atoms with Crippen molar-refractivity contribution in [2.75, 3.05) is 25.0 Å². The van der Waals surface area contributed by atoms with Gasteiger partial charge in [-0.15, -0.1) is 0 Å². The summed E-state index contributed by atoms with van der Waals surface area (Å²) in [7, 11) is 1.82. The lowest BCUT2D eigenvalue weighted by Crippen LogP contribution is -2.39. The predicted octanol–water partition coefficient (Wildman–Crippen LogP) is 5.88. The molecule has 0 unspecified atom stereocenters. The molecule has 0 radical (unpaired) electrons. The predicted molar refractivity (Wildman–Crippen MR) is 156 cm³/mol. The number of aromatic nitrogens is 1. The molecule has 0 saturated carbocycles. The Morgan fingerprint density at radius 3 is 2.54 bits per heavy atom. The number of carbonyl (C=O) groups is 2. The highest BCUT2D eigenvalue weighted by molar-refractivity contribution is 9.10. The fourth-order valence-corrected chi connectivity index (χ4v) is 5.69. The molecule has 1 aromatic heterocycles. The van der Waals surface area contributed by atoms with Crippen LogP contribution < -0.4 is 4.90 Å². The summed E-state index contributed by atoms with van der Waals surface area (Å²) in [5, 5.41) is 1.41. The quantitative estimate of drug-likeness (QED) is 0.286. The van der Waals surface area contributed by atoms with Crippen molar-refractivity contribution in [2.45, 2.75) is 40.2 Å². The number of likely N-dealkylation sites (tertiary alicyclic amines) is 1. The zero-order chi connectivity index (χ0) is 26.4.